The van der Waals surface area contributed by atoms with Gasteiger partial charge in [0.15, 0.2) is 0 Å². The molecule has 8 nitrogen and oxygen atoms in total. The fourth-order valence-corrected chi connectivity index (χ4v) is 5.13. The minimum atomic E-state index is -0.957. The van der Waals surface area contributed by atoms with E-state index in [0.717, 1.165) is 22.3 Å². The number of aliphatic carboxylic acids is 1. The van der Waals surface area contributed by atoms with E-state index in [1.165, 1.54) is 4.90 Å². The Bertz CT molecular complexity index is 1080. The van der Waals surface area contributed by atoms with Gasteiger partial charge in [0.2, 0.25) is 0 Å². The van der Waals surface area contributed by atoms with Crippen LogP contribution in [-0.4, -0.2) is 59.5 Å². The largest absolute Gasteiger partial charge is 0.481 e. The van der Waals surface area contributed by atoms with Crippen molar-refractivity contribution in [3.63, 3.8) is 0 Å². The second kappa shape index (κ2) is 10.6. The van der Waals surface area contributed by atoms with Crippen LogP contribution in [0.2, 0.25) is 0 Å². The van der Waals surface area contributed by atoms with Crippen LogP contribution in [0.4, 0.5) is 9.59 Å². The van der Waals surface area contributed by atoms with Crippen molar-refractivity contribution in [2.75, 3.05) is 19.7 Å². The number of nitrogens with one attached hydrogen (secondary N) is 1. The Morgan fingerprint density at radius 1 is 1.00 bits per heavy atom. The molecule has 2 N–H and O–H groups in total. The second-order valence-corrected chi connectivity index (χ2v) is 10.5. The fraction of sp³-hybridized carbons (Fsp3) is 0.464. The molecule has 0 spiro atoms. The summed E-state index contributed by atoms with van der Waals surface area (Å²) in [5.41, 5.74) is 3.92. The average Bonchev–Trinajstić information content (AvgIpc) is 3.14. The maximum atomic E-state index is 13.2. The number of fused-ring (bicyclic) bond motifs is 3. The molecule has 36 heavy (non-hydrogen) atoms. The summed E-state index contributed by atoms with van der Waals surface area (Å²) >= 11 is 0. The molecule has 0 aromatic heterocycles. The van der Waals surface area contributed by atoms with Crippen LogP contribution in [0.1, 0.15) is 57.1 Å². The predicted molar refractivity (Wildman–Crippen MR) is 135 cm³/mol. The zero-order valence-electron chi connectivity index (χ0n) is 21.0. The number of amides is 2. The van der Waals surface area contributed by atoms with E-state index >= 15 is 0 Å². The third-order valence-corrected chi connectivity index (χ3v) is 6.72. The number of likely N-dealkylation sites (tertiary alicyclic amines) is 1. The third-order valence-electron chi connectivity index (χ3n) is 6.72. The van der Waals surface area contributed by atoms with E-state index in [0.29, 0.717) is 25.9 Å². The highest BCUT2D eigenvalue weighted by atomic mass is 16.6. The summed E-state index contributed by atoms with van der Waals surface area (Å²) in [6.07, 6.45) is 0.0435. The number of benzene rings is 2. The zero-order chi connectivity index (χ0) is 25.9. The molecule has 1 fully saturated rings. The Morgan fingerprint density at radius 2 is 1.61 bits per heavy atom. The number of rotatable bonds is 6. The standard InChI is InChI=1S/C28H34N2O6/c1-28(2,3)36-26(33)29-15-18-12-13-19(14-25(31)32)30(16-18)27(34)35-17-24-22-10-6-4-8-20(22)21-9-5-7-11-23(21)24/h4-11,18-19,24H,12-17H2,1-3H3,(H,29,33)(H,31,32). The number of carboxylic acid groups (broad SMARTS) is 1. The van der Waals surface area contributed by atoms with Crippen LogP contribution in [0.15, 0.2) is 48.5 Å². The number of carbonyl (C=O) groups excluding carboxylic acids is 2. The van der Waals surface area contributed by atoms with Gasteiger partial charge in [0.1, 0.15) is 12.2 Å². The number of carboxylic acids is 1. The smallest absolute Gasteiger partial charge is 0.410 e. The van der Waals surface area contributed by atoms with E-state index in [4.69, 9.17) is 9.47 Å². The number of piperidine rings is 1. The minimum Gasteiger partial charge on any atom is -0.481 e. The summed E-state index contributed by atoms with van der Waals surface area (Å²) in [4.78, 5) is 38.3. The van der Waals surface area contributed by atoms with Crippen molar-refractivity contribution >= 4 is 18.2 Å². The van der Waals surface area contributed by atoms with Crippen molar-refractivity contribution in [1.82, 2.24) is 10.2 Å². The normalized spacial score (nSPS) is 19.2. The number of nitrogens with zero attached hydrogens (tertiary/aromatic N) is 1. The molecular formula is C28H34N2O6. The molecule has 1 saturated heterocycles. The van der Waals surface area contributed by atoms with Crippen molar-refractivity contribution in [1.29, 1.82) is 0 Å². The first-order chi connectivity index (χ1) is 17.1. The topological polar surface area (TPSA) is 105 Å². The van der Waals surface area contributed by atoms with E-state index in [1.54, 1.807) is 20.8 Å². The molecule has 1 aliphatic carbocycles. The van der Waals surface area contributed by atoms with Crippen molar-refractivity contribution in [2.24, 2.45) is 5.92 Å². The maximum Gasteiger partial charge on any atom is 0.410 e. The summed E-state index contributed by atoms with van der Waals surface area (Å²) in [5, 5.41) is 12.2. The van der Waals surface area contributed by atoms with E-state index in [9.17, 15) is 19.5 Å². The third kappa shape index (κ3) is 5.98. The molecule has 4 rings (SSSR count). The molecule has 1 heterocycles. The van der Waals surface area contributed by atoms with E-state index in [-0.39, 0.29) is 24.9 Å². The molecule has 2 aromatic rings. The van der Waals surface area contributed by atoms with Gasteiger partial charge in [-0.05, 0) is 61.8 Å². The summed E-state index contributed by atoms with van der Waals surface area (Å²) < 4.78 is 11.1. The van der Waals surface area contributed by atoms with Gasteiger partial charge >= 0.3 is 18.2 Å². The van der Waals surface area contributed by atoms with Crippen LogP contribution in [0, 0.1) is 5.92 Å². The molecule has 2 unspecified atom stereocenters. The predicted octanol–water partition coefficient (Wildman–Crippen LogP) is 5.02. The lowest BCUT2D eigenvalue weighted by atomic mass is 9.91. The van der Waals surface area contributed by atoms with E-state index in [1.807, 2.05) is 24.3 Å². The molecular weight excluding hydrogens is 460 g/mol. The number of alkyl carbamates (subject to hydrolysis) is 1. The lowest BCUT2D eigenvalue weighted by molar-refractivity contribution is -0.138. The minimum absolute atomic E-state index is 0.0250. The lowest BCUT2D eigenvalue weighted by Crippen LogP contribution is -2.50. The first kappa shape index (κ1) is 25.5. The molecule has 2 aliphatic rings. The molecule has 0 bridgehead atoms. The van der Waals surface area contributed by atoms with Crippen molar-refractivity contribution in [2.45, 2.75) is 57.6 Å². The van der Waals surface area contributed by atoms with Gasteiger partial charge < -0.3 is 24.8 Å². The van der Waals surface area contributed by atoms with Gasteiger partial charge in [0.05, 0.1) is 6.42 Å². The average molecular weight is 495 g/mol. The van der Waals surface area contributed by atoms with Gasteiger partial charge in [-0.25, -0.2) is 9.59 Å². The van der Waals surface area contributed by atoms with Crippen molar-refractivity contribution in [3.05, 3.63) is 59.7 Å². The first-order valence-corrected chi connectivity index (χ1v) is 12.4. The van der Waals surface area contributed by atoms with Gasteiger partial charge in [-0.2, -0.15) is 0 Å². The molecule has 2 aromatic carbocycles. The Morgan fingerprint density at radius 3 is 2.19 bits per heavy atom. The van der Waals surface area contributed by atoms with E-state index < -0.39 is 29.8 Å². The first-order valence-electron chi connectivity index (χ1n) is 12.4. The highest BCUT2D eigenvalue weighted by Gasteiger charge is 2.36. The molecule has 192 valence electrons. The maximum absolute atomic E-state index is 13.2. The Balaban J connectivity index is 1.42. The second-order valence-electron chi connectivity index (χ2n) is 10.5. The molecule has 0 radical (unpaired) electrons. The quantitative estimate of drug-likeness (QED) is 0.585. The number of carbonyl (C=O) groups is 3. The molecule has 1 aliphatic heterocycles. The Kier molecular flexibility index (Phi) is 7.52. The van der Waals surface area contributed by atoms with Gasteiger partial charge in [-0.3, -0.25) is 4.79 Å². The summed E-state index contributed by atoms with van der Waals surface area (Å²) in [7, 11) is 0. The van der Waals surface area contributed by atoms with Gasteiger partial charge in [-0.15, -0.1) is 0 Å². The summed E-state index contributed by atoms with van der Waals surface area (Å²) in [6.45, 7) is 6.20. The zero-order valence-corrected chi connectivity index (χ0v) is 21.0. The van der Waals surface area contributed by atoms with E-state index in [2.05, 4.69) is 29.6 Å². The van der Waals surface area contributed by atoms with Crippen LogP contribution >= 0.6 is 0 Å². The number of ether oxygens (including phenoxy) is 2. The van der Waals surface area contributed by atoms with Crippen molar-refractivity contribution < 1.29 is 29.0 Å². The SMILES string of the molecule is CC(C)(C)OC(=O)NCC1CCC(CC(=O)O)N(C(=O)OCC2c3ccccc3-c3ccccc32)C1. The fourth-order valence-electron chi connectivity index (χ4n) is 5.13. The van der Waals surface area contributed by atoms with Crippen LogP contribution in [0.25, 0.3) is 11.1 Å². The van der Waals surface area contributed by atoms with Gasteiger partial charge in [0, 0.05) is 25.0 Å². The van der Waals surface area contributed by atoms with Crippen LogP contribution in [0.3, 0.4) is 0 Å². The summed E-state index contributed by atoms with van der Waals surface area (Å²) in [5.74, 6) is -1.06. The number of hydrogen-bond donors (Lipinski definition) is 2. The highest BCUT2D eigenvalue weighted by Crippen LogP contribution is 2.44. The Labute approximate surface area is 211 Å². The van der Waals surface area contributed by atoms with Crippen LogP contribution in [-0.2, 0) is 14.3 Å². The summed E-state index contributed by atoms with van der Waals surface area (Å²) in [6, 6.07) is 15.8. The lowest BCUT2D eigenvalue weighted by Gasteiger charge is -2.38. The van der Waals surface area contributed by atoms with Crippen molar-refractivity contribution in [3.8, 4) is 11.1 Å². The van der Waals surface area contributed by atoms with Crippen LogP contribution in [0.5, 0.6) is 0 Å². The molecule has 2 atom stereocenters. The van der Waals surface area contributed by atoms with Gasteiger partial charge in [0.25, 0.3) is 0 Å². The van der Waals surface area contributed by atoms with Gasteiger partial charge in [-0.1, -0.05) is 48.5 Å². The monoisotopic (exact) mass is 494 g/mol. The highest BCUT2D eigenvalue weighted by molar-refractivity contribution is 5.79. The molecule has 0 saturated carbocycles. The molecule has 8 heteroatoms. The Hall–Kier alpha value is -3.55. The molecule has 2 amide bonds. The number of hydrogen-bond acceptors (Lipinski definition) is 5. The van der Waals surface area contributed by atoms with Crippen LogP contribution < -0.4 is 5.32 Å².